The lowest BCUT2D eigenvalue weighted by atomic mass is 10.0. The van der Waals surface area contributed by atoms with Crippen LogP contribution in [-0.2, 0) is 0 Å². The third kappa shape index (κ3) is 2.28. The van der Waals surface area contributed by atoms with Gasteiger partial charge in [-0.05, 0) is 17.2 Å². The van der Waals surface area contributed by atoms with Gasteiger partial charge in [-0.25, -0.2) is 0 Å². The van der Waals surface area contributed by atoms with E-state index in [1.54, 1.807) is 42.5 Å². The lowest BCUT2D eigenvalue weighted by molar-refractivity contribution is -0.384. The summed E-state index contributed by atoms with van der Waals surface area (Å²) in [4.78, 5) is 13.2. The average molecular weight is 240 g/mol. The van der Waals surface area contributed by atoms with Crippen molar-refractivity contribution in [1.29, 1.82) is 0 Å². The standard InChI is InChI=1S/C12H8N4O2/c13-15-14-10-7-5-9(6-8-10)11-3-1-2-4-12(11)16(17)18/h1-8H. The summed E-state index contributed by atoms with van der Waals surface area (Å²) in [5.41, 5.74) is 10.1. The number of nitro groups is 1. The van der Waals surface area contributed by atoms with Crippen LogP contribution in [0.1, 0.15) is 0 Å². The maximum absolute atomic E-state index is 10.9. The predicted octanol–water partition coefficient (Wildman–Crippen LogP) is 4.20. The SMILES string of the molecule is [N-]=[N+]=Nc1ccc(-c2ccccc2[N+](=O)[O-])cc1. The number of nitro benzene ring substituents is 1. The topological polar surface area (TPSA) is 91.9 Å². The summed E-state index contributed by atoms with van der Waals surface area (Å²) in [7, 11) is 0. The van der Waals surface area contributed by atoms with Crippen LogP contribution in [0.2, 0.25) is 0 Å². The molecule has 0 bridgehead atoms. The second-order valence-electron chi connectivity index (χ2n) is 3.51. The summed E-state index contributed by atoms with van der Waals surface area (Å²) in [6.07, 6.45) is 0. The minimum Gasteiger partial charge on any atom is -0.258 e. The van der Waals surface area contributed by atoms with Crippen LogP contribution >= 0.6 is 0 Å². The Bertz CT molecular complexity index is 631. The zero-order chi connectivity index (χ0) is 13.0. The lowest BCUT2D eigenvalue weighted by Crippen LogP contribution is -1.91. The van der Waals surface area contributed by atoms with E-state index in [9.17, 15) is 10.1 Å². The smallest absolute Gasteiger partial charge is 0.258 e. The first-order valence-electron chi connectivity index (χ1n) is 5.11. The highest BCUT2D eigenvalue weighted by Gasteiger charge is 2.13. The van der Waals surface area contributed by atoms with E-state index in [0.717, 1.165) is 0 Å². The molecule has 0 saturated carbocycles. The van der Waals surface area contributed by atoms with Crippen LogP contribution in [0.4, 0.5) is 11.4 Å². The first-order chi connectivity index (χ1) is 8.72. The van der Waals surface area contributed by atoms with Crippen molar-refractivity contribution in [2.24, 2.45) is 5.11 Å². The van der Waals surface area contributed by atoms with E-state index >= 15 is 0 Å². The van der Waals surface area contributed by atoms with Gasteiger partial charge in [-0.15, -0.1) is 0 Å². The van der Waals surface area contributed by atoms with E-state index in [1.807, 2.05) is 0 Å². The fourth-order valence-electron chi connectivity index (χ4n) is 1.64. The molecule has 0 aliphatic rings. The number of nitrogens with zero attached hydrogens (tertiary/aromatic N) is 4. The molecule has 0 N–H and O–H groups in total. The monoisotopic (exact) mass is 240 g/mol. The Morgan fingerprint density at radius 3 is 2.39 bits per heavy atom. The van der Waals surface area contributed by atoms with Gasteiger partial charge in [0.2, 0.25) is 0 Å². The van der Waals surface area contributed by atoms with Crippen LogP contribution in [0.25, 0.3) is 21.6 Å². The number of azide groups is 1. The highest BCUT2D eigenvalue weighted by atomic mass is 16.6. The Kier molecular flexibility index (Phi) is 3.22. The second-order valence-corrected chi connectivity index (χ2v) is 3.51. The van der Waals surface area contributed by atoms with E-state index in [4.69, 9.17) is 5.53 Å². The first kappa shape index (κ1) is 11.6. The third-order valence-electron chi connectivity index (χ3n) is 2.44. The number of benzene rings is 2. The fraction of sp³-hybridized carbons (Fsp3) is 0. The Morgan fingerprint density at radius 1 is 1.11 bits per heavy atom. The quantitative estimate of drug-likeness (QED) is 0.264. The van der Waals surface area contributed by atoms with Crippen LogP contribution in [-0.4, -0.2) is 4.92 Å². The molecule has 88 valence electrons. The number of para-hydroxylation sites is 1. The summed E-state index contributed by atoms with van der Waals surface area (Å²) in [5, 5.41) is 14.3. The van der Waals surface area contributed by atoms with E-state index in [1.165, 1.54) is 6.07 Å². The van der Waals surface area contributed by atoms with E-state index in [2.05, 4.69) is 10.0 Å². The van der Waals surface area contributed by atoms with Gasteiger partial charge in [-0.3, -0.25) is 10.1 Å². The second kappa shape index (κ2) is 4.99. The molecule has 0 unspecified atom stereocenters. The minimum absolute atomic E-state index is 0.0500. The third-order valence-corrected chi connectivity index (χ3v) is 2.44. The predicted molar refractivity (Wildman–Crippen MR) is 67.3 cm³/mol. The molecule has 0 aromatic heterocycles. The molecule has 6 nitrogen and oxygen atoms in total. The van der Waals surface area contributed by atoms with Crippen LogP contribution in [0.5, 0.6) is 0 Å². The van der Waals surface area contributed by atoms with E-state index in [-0.39, 0.29) is 5.69 Å². The van der Waals surface area contributed by atoms with Crippen molar-refractivity contribution in [2.75, 3.05) is 0 Å². The largest absolute Gasteiger partial charge is 0.277 e. The summed E-state index contributed by atoms with van der Waals surface area (Å²) >= 11 is 0. The molecule has 0 radical (unpaired) electrons. The molecule has 0 amide bonds. The molecule has 6 heteroatoms. The summed E-state index contributed by atoms with van der Waals surface area (Å²) in [5.74, 6) is 0. The minimum atomic E-state index is -0.420. The molecule has 0 atom stereocenters. The van der Waals surface area contributed by atoms with Crippen molar-refractivity contribution < 1.29 is 4.92 Å². The molecule has 2 aromatic rings. The molecule has 0 spiro atoms. The average Bonchev–Trinajstić information content (AvgIpc) is 2.40. The zero-order valence-corrected chi connectivity index (χ0v) is 9.22. The van der Waals surface area contributed by atoms with Crippen molar-refractivity contribution in [2.45, 2.75) is 0 Å². The molecule has 0 heterocycles. The van der Waals surface area contributed by atoms with Crippen LogP contribution in [0.15, 0.2) is 53.6 Å². The van der Waals surface area contributed by atoms with Crippen LogP contribution in [0, 0.1) is 10.1 Å². The highest BCUT2D eigenvalue weighted by molar-refractivity contribution is 5.74. The molecule has 2 rings (SSSR count). The summed E-state index contributed by atoms with van der Waals surface area (Å²) < 4.78 is 0. The normalized spacial score (nSPS) is 9.56. The lowest BCUT2D eigenvalue weighted by Gasteiger charge is -2.03. The zero-order valence-electron chi connectivity index (χ0n) is 9.22. The first-order valence-corrected chi connectivity index (χ1v) is 5.11. The Morgan fingerprint density at radius 2 is 1.78 bits per heavy atom. The Hall–Kier alpha value is -2.85. The summed E-state index contributed by atoms with van der Waals surface area (Å²) in [6, 6.07) is 13.1. The van der Waals surface area contributed by atoms with Crippen molar-refractivity contribution in [3.63, 3.8) is 0 Å². The maximum atomic E-state index is 10.9. The van der Waals surface area contributed by atoms with Crippen LogP contribution < -0.4 is 0 Å². The molecule has 0 saturated heterocycles. The van der Waals surface area contributed by atoms with E-state index < -0.39 is 4.92 Å². The van der Waals surface area contributed by atoms with Crippen molar-refractivity contribution in [3.8, 4) is 11.1 Å². The van der Waals surface area contributed by atoms with Crippen molar-refractivity contribution in [3.05, 3.63) is 69.1 Å². The van der Waals surface area contributed by atoms with E-state index in [0.29, 0.717) is 16.8 Å². The molecule has 0 aliphatic heterocycles. The molecule has 18 heavy (non-hydrogen) atoms. The molecular weight excluding hydrogens is 232 g/mol. The number of hydrogen-bond donors (Lipinski definition) is 0. The fourth-order valence-corrected chi connectivity index (χ4v) is 1.64. The van der Waals surface area contributed by atoms with Crippen LogP contribution in [0.3, 0.4) is 0 Å². The van der Waals surface area contributed by atoms with Gasteiger partial charge in [0.15, 0.2) is 0 Å². The molecule has 0 fully saturated rings. The van der Waals surface area contributed by atoms with Gasteiger partial charge in [0, 0.05) is 16.7 Å². The summed E-state index contributed by atoms with van der Waals surface area (Å²) in [6.45, 7) is 0. The van der Waals surface area contributed by atoms with Crippen molar-refractivity contribution in [1.82, 2.24) is 0 Å². The molecule has 2 aromatic carbocycles. The van der Waals surface area contributed by atoms with Gasteiger partial charge < -0.3 is 0 Å². The van der Waals surface area contributed by atoms with Gasteiger partial charge in [0.25, 0.3) is 5.69 Å². The van der Waals surface area contributed by atoms with Gasteiger partial charge in [-0.2, -0.15) is 0 Å². The molecule has 0 aliphatic carbocycles. The van der Waals surface area contributed by atoms with Gasteiger partial charge in [-0.1, -0.05) is 41.5 Å². The molecular formula is C12H8N4O2. The maximum Gasteiger partial charge on any atom is 0.277 e. The van der Waals surface area contributed by atoms with Gasteiger partial charge in [0.05, 0.1) is 10.5 Å². The number of rotatable bonds is 3. The van der Waals surface area contributed by atoms with Gasteiger partial charge >= 0.3 is 0 Å². The Labute approximate surface area is 102 Å². The highest BCUT2D eigenvalue weighted by Crippen LogP contribution is 2.30. The number of hydrogen-bond acceptors (Lipinski definition) is 3. The van der Waals surface area contributed by atoms with Gasteiger partial charge in [0.1, 0.15) is 0 Å². The van der Waals surface area contributed by atoms with Crippen molar-refractivity contribution >= 4 is 11.4 Å². The Balaban J connectivity index is 2.49.